The fraction of sp³-hybridized carbons (Fsp3) is 0.938. The van der Waals surface area contributed by atoms with Gasteiger partial charge in [0.1, 0.15) is 0 Å². The molecule has 5 nitrogen and oxygen atoms in total. The molecule has 2 aliphatic heterocycles. The Morgan fingerprint density at radius 2 is 2.10 bits per heavy atom. The summed E-state index contributed by atoms with van der Waals surface area (Å²) in [6.45, 7) is 4.20. The zero-order valence-electron chi connectivity index (χ0n) is 13.3. The lowest BCUT2D eigenvalue weighted by molar-refractivity contribution is -0.134. The van der Waals surface area contributed by atoms with Gasteiger partial charge in [-0.15, -0.1) is 0 Å². The molecule has 2 fully saturated rings. The average molecular weight is 298 g/mol. The first-order valence-electron chi connectivity index (χ1n) is 8.45. The fourth-order valence-corrected chi connectivity index (χ4v) is 3.03. The minimum absolute atomic E-state index is 0.291. The van der Waals surface area contributed by atoms with Crippen molar-refractivity contribution in [1.82, 2.24) is 10.2 Å². The molecule has 2 heterocycles. The van der Waals surface area contributed by atoms with E-state index >= 15 is 0 Å². The van der Waals surface area contributed by atoms with Gasteiger partial charge in [0, 0.05) is 26.1 Å². The predicted octanol–water partition coefficient (Wildman–Crippen LogP) is 1.56. The molecule has 2 rings (SSSR count). The second-order valence-electron chi connectivity index (χ2n) is 6.11. The second kappa shape index (κ2) is 9.38. The Labute approximate surface area is 128 Å². The van der Waals surface area contributed by atoms with Gasteiger partial charge in [0.2, 0.25) is 5.91 Å². The van der Waals surface area contributed by atoms with Crippen LogP contribution in [0.4, 0.5) is 0 Å². The first-order chi connectivity index (χ1) is 10.3. The topological polar surface area (TPSA) is 50.8 Å². The molecule has 0 bridgehead atoms. The molecule has 21 heavy (non-hydrogen) atoms. The van der Waals surface area contributed by atoms with Gasteiger partial charge in [0.05, 0.1) is 18.8 Å². The van der Waals surface area contributed by atoms with Gasteiger partial charge >= 0.3 is 0 Å². The molecule has 2 aliphatic rings. The van der Waals surface area contributed by atoms with Crippen molar-refractivity contribution in [2.24, 2.45) is 0 Å². The lowest BCUT2D eigenvalue weighted by Gasteiger charge is -2.33. The summed E-state index contributed by atoms with van der Waals surface area (Å²) in [7, 11) is 1.92. The summed E-state index contributed by atoms with van der Waals surface area (Å²) in [6.07, 6.45) is 7.67. The van der Waals surface area contributed by atoms with Crippen LogP contribution >= 0.6 is 0 Å². The average Bonchev–Trinajstić information content (AvgIpc) is 2.54. The summed E-state index contributed by atoms with van der Waals surface area (Å²) in [4.78, 5) is 14.0. The van der Waals surface area contributed by atoms with Crippen molar-refractivity contribution in [3.63, 3.8) is 0 Å². The number of piperidine rings is 1. The van der Waals surface area contributed by atoms with Crippen LogP contribution in [0, 0.1) is 0 Å². The van der Waals surface area contributed by atoms with E-state index in [9.17, 15) is 4.79 Å². The van der Waals surface area contributed by atoms with E-state index in [-0.39, 0.29) is 0 Å². The highest BCUT2D eigenvalue weighted by atomic mass is 16.5. The highest BCUT2D eigenvalue weighted by Gasteiger charge is 2.24. The third-order valence-electron chi connectivity index (χ3n) is 4.40. The summed E-state index contributed by atoms with van der Waals surface area (Å²) in [5.41, 5.74) is 0. The minimum atomic E-state index is 0.291. The molecule has 0 aromatic rings. The highest BCUT2D eigenvalue weighted by Crippen LogP contribution is 2.18. The van der Waals surface area contributed by atoms with Crippen LogP contribution in [0.5, 0.6) is 0 Å². The van der Waals surface area contributed by atoms with Gasteiger partial charge in [-0.2, -0.15) is 0 Å². The lowest BCUT2D eigenvalue weighted by atomic mass is 10.1. The van der Waals surface area contributed by atoms with Crippen LogP contribution in [0.3, 0.4) is 0 Å². The number of amides is 1. The number of rotatable bonds is 7. The molecule has 0 radical (unpaired) electrons. The smallest absolute Gasteiger partial charge is 0.222 e. The van der Waals surface area contributed by atoms with Crippen LogP contribution < -0.4 is 5.32 Å². The number of likely N-dealkylation sites (tertiary alicyclic amines) is 1. The summed E-state index contributed by atoms with van der Waals surface area (Å²) in [6, 6.07) is 0. The van der Waals surface area contributed by atoms with Crippen LogP contribution in [0.15, 0.2) is 0 Å². The van der Waals surface area contributed by atoms with Crippen LogP contribution in [0.1, 0.15) is 44.9 Å². The molecule has 1 unspecified atom stereocenters. The predicted molar refractivity (Wildman–Crippen MR) is 82.3 cm³/mol. The fourth-order valence-electron chi connectivity index (χ4n) is 3.03. The van der Waals surface area contributed by atoms with E-state index in [1.165, 1.54) is 12.8 Å². The van der Waals surface area contributed by atoms with Crippen molar-refractivity contribution in [3.8, 4) is 0 Å². The third kappa shape index (κ3) is 5.93. The summed E-state index contributed by atoms with van der Waals surface area (Å²) in [5, 5.41) is 3.08. The van der Waals surface area contributed by atoms with Gasteiger partial charge in [-0.25, -0.2) is 0 Å². The van der Waals surface area contributed by atoms with E-state index in [0.29, 0.717) is 24.5 Å². The molecule has 0 aromatic carbocycles. The molecular weight excluding hydrogens is 268 g/mol. The number of nitrogens with zero attached hydrogens (tertiary/aromatic N) is 1. The molecular formula is C16H30N2O3. The highest BCUT2D eigenvalue weighted by molar-refractivity contribution is 5.76. The number of ether oxygens (including phenoxy) is 2. The zero-order chi connectivity index (χ0) is 14.9. The SMILES string of the molecule is CNCCCC(=O)N1CCC(OCC2CCCCO2)CC1. The molecule has 2 saturated heterocycles. The number of hydrogen-bond donors (Lipinski definition) is 1. The molecule has 0 aromatic heterocycles. The van der Waals surface area contributed by atoms with E-state index in [0.717, 1.165) is 58.5 Å². The molecule has 0 aliphatic carbocycles. The Hall–Kier alpha value is -0.650. The van der Waals surface area contributed by atoms with E-state index < -0.39 is 0 Å². The monoisotopic (exact) mass is 298 g/mol. The molecule has 5 heteroatoms. The van der Waals surface area contributed by atoms with E-state index in [1.54, 1.807) is 0 Å². The molecule has 0 saturated carbocycles. The summed E-state index contributed by atoms with van der Waals surface area (Å²) >= 11 is 0. The molecule has 1 atom stereocenters. The molecule has 1 amide bonds. The quantitative estimate of drug-likeness (QED) is 0.725. The van der Waals surface area contributed by atoms with Gasteiger partial charge in [0.25, 0.3) is 0 Å². The summed E-state index contributed by atoms with van der Waals surface area (Å²) in [5.74, 6) is 0.291. The van der Waals surface area contributed by atoms with E-state index in [2.05, 4.69) is 5.32 Å². The van der Waals surface area contributed by atoms with Crippen molar-refractivity contribution in [2.45, 2.75) is 57.2 Å². The second-order valence-corrected chi connectivity index (χ2v) is 6.11. The molecule has 0 spiro atoms. The first-order valence-corrected chi connectivity index (χ1v) is 8.45. The van der Waals surface area contributed by atoms with Gasteiger partial charge in [-0.05, 0) is 52.1 Å². The Morgan fingerprint density at radius 1 is 1.29 bits per heavy atom. The standard InChI is InChI=1S/C16H30N2O3/c1-17-9-4-6-16(19)18-10-7-14(8-11-18)21-13-15-5-2-3-12-20-15/h14-15,17H,2-13H2,1H3. The maximum atomic E-state index is 12.0. The lowest BCUT2D eigenvalue weighted by Crippen LogP contribution is -2.41. The maximum Gasteiger partial charge on any atom is 0.222 e. The van der Waals surface area contributed by atoms with Crippen molar-refractivity contribution < 1.29 is 14.3 Å². The van der Waals surface area contributed by atoms with Crippen molar-refractivity contribution in [1.29, 1.82) is 0 Å². The normalized spacial score (nSPS) is 24.2. The minimum Gasteiger partial charge on any atom is -0.376 e. The van der Waals surface area contributed by atoms with Gasteiger partial charge in [-0.1, -0.05) is 0 Å². The largest absolute Gasteiger partial charge is 0.376 e. The van der Waals surface area contributed by atoms with Crippen LogP contribution in [-0.2, 0) is 14.3 Å². The summed E-state index contributed by atoms with van der Waals surface area (Å²) < 4.78 is 11.7. The number of carbonyl (C=O) groups is 1. The Kier molecular flexibility index (Phi) is 7.47. The van der Waals surface area contributed by atoms with Crippen LogP contribution in [0.2, 0.25) is 0 Å². The van der Waals surface area contributed by atoms with E-state index in [4.69, 9.17) is 9.47 Å². The Balaban J connectivity index is 1.58. The number of carbonyl (C=O) groups excluding carboxylic acids is 1. The van der Waals surface area contributed by atoms with Crippen LogP contribution in [-0.4, -0.2) is 62.9 Å². The molecule has 1 N–H and O–H groups in total. The Bertz CT molecular complexity index is 298. The first kappa shape index (κ1) is 16.7. The van der Waals surface area contributed by atoms with E-state index in [1.807, 2.05) is 11.9 Å². The van der Waals surface area contributed by atoms with Gasteiger partial charge < -0.3 is 19.7 Å². The van der Waals surface area contributed by atoms with Crippen molar-refractivity contribution >= 4 is 5.91 Å². The van der Waals surface area contributed by atoms with Gasteiger partial charge in [0.15, 0.2) is 0 Å². The zero-order valence-corrected chi connectivity index (χ0v) is 13.3. The molecule has 122 valence electrons. The van der Waals surface area contributed by atoms with Crippen molar-refractivity contribution in [3.05, 3.63) is 0 Å². The Morgan fingerprint density at radius 3 is 2.76 bits per heavy atom. The maximum absolute atomic E-state index is 12.0. The van der Waals surface area contributed by atoms with Gasteiger partial charge in [-0.3, -0.25) is 4.79 Å². The third-order valence-corrected chi connectivity index (χ3v) is 4.40. The van der Waals surface area contributed by atoms with Crippen LogP contribution in [0.25, 0.3) is 0 Å². The number of hydrogen-bond acceptors (Lipinski definition) is 4. The number of nitrogens with one attached hydrogen (secondary N) is 1. The van der Waals surface area contributed by atoms with Crippen molar-refractivity contribution in [2.75, 3.05) is 39.9 Å².